The molecule has 1 aliphatic rings. The second-order valence-electron chi connectivity index (χ2n) is 4.54. The molecule has 0 unspecified atom stereocenters. The highest BCUT2D eigenvalue weighted by Crippen LogP contribution is 2.42. The predicted octanol–water partition coefficient (Wildman–Crippen LogP) is 3.04. The first kappa shape index (κ1) is 14.1. The number of pyridine rings is 2. The van der Waals surface area contributed by atoms with Gasteiger partial charge >= 0.3 is 6.16 Å². The van der Waals surface area contributed by atoms with Crippen LogP contribution in [0.4, 0.5) is 9.18 Å². The maximum Gasteiger partial charge on any atom is 0.511 e. The molecule has 0 amide bonds. The molecule has 1 fully saturated rings. The van der Waals surface area contributed by atoms with Crippen LogP contribution >= 0.6 is 23.2 Å². The van der Waals surface area contributed by atoms with E-state index in [4.69, 9.17) is 28.3 Å². The standard InChI is InChI=1S/C12H7Cl2FN2O4/c13-8-9-4(2-16-11(8)14)10(18)7(21-12(19)20)3-17(9)6-1-5(6)15/h2-3,5-6H,1H2,(H,19,20)/t5-,6+/m0/s1. The Hall–Kier alpha value is -1.86. The summed E-state index contributed by atoms with van der Waals surface area (Å²) in [5.41, 5.74) is -0.490. The summed E-state index contributed by atoms with van der Waals surface area (Å²) in [5.74, 6) is -0.436. The fraction of sp³-hybridized carbons (Fsp3) is 0.250. The van der Waals surface area contributed by atoms with Crippen molar-refractivity contribution in [3.8, 4) is 5.75 Å². The van der Waals surface area contributed by atoms with E-state index in [1.54, 1.807) is 0 Å². The second kappa shape index (κ2) is 4.85. The highest BCUT2D eigenvalue weighted by atomic mass is 35.5. The molecule has 1 aliphatic carbocycles. The molecule has 2 aromatic rings. The number of carboxylic acid groups (broad SMARTS) is 1. The molecular formula is C12H7Cl2FN2O4. The fourth-order valence-corrected chi connectivity index (χ4v) is 2.51. The molecule has 21 heavy (non-hydrogen) atoms. The molecule has 3 rings (SSSR count). The minimum absolute atomic E-state index is 0.00671. The number of aromatic nitrogens is 2. The Balaban J connectivity index is 2.35. The summed E-state index contributed by atoms with van der Waals surface area (Å²) in [6.45, 7) is 0. The van der Waals surface area contributed by atoms with Gasteiger partial charge in [0.15, 0.2) is 5.75 Å². The van der Waals surface area contributed by atoms with Crippen LogP contribution in [0.2, 0.25) is 10.2 Å². The number of hydrogen-bond donors (Lipinski definition) is 1. The van der Waals surface area contributed by atoms with Crippen molar-refractivity contribution in [3.63, 3.8) is 0 Å². The molecule has 2 heterocycles. The van der Waals surface area contributed by atoms with E-state index in [0.717, 1.165) is 12.4 Å². The molecule has 0 saturated heterocycles. The minimum Gasteiger partial charge on any atom is -0.449 e. The molecule has 0 spiro atoms. The molecular weight excluding hydrogens is 326 g/mol. The lowest BCUT2D eigenvalue weighted by Gasteiger charge is -2.13. The number of hydrogen-bond acceptors (Lipinski definition) is 4. The molecule has 1 saturated carbocycles. The monoisotopic (exact) mass is 332 g/mol. The molecule has 0 bridgehead atoms. The zero-order valence-electron chi connectivity index (χ0n) is 10.2. The maximum atomic E-state index is 13.4. The van der Waals surface area contributed by atoms with E-state index in [1.807, 2.05) is 0 Å². The van der Waals surface area contributed by atoms with Gasteiger partial charge in [-0.15, -0.1) is 0 Å². The fourth-order valence-electron chi connectivity index (χ4n) is 2.12. The molecule has 2 aromatic heterocycles. The Labute approximate surface area is 126 Å². The zero-order valence-corrected chi connectivity index (χ0v) is 11.7. The van der Waals surface area contributed by atoms with Crippen molar-refractivity contribution in [1.82, 2.24) is 9.55 Å². The van der Waals surface area contributed by atoms with E-state index >= 15 is 0 Å². The van der Waals surface area contributed by atoms with Crippen LogP contribution in [0.25, 0.3) is 10.9 Å². The van der Waals surface area contributed by atoms with Gasteiger partial charge in [-0.2, -0.15) is 0 Å². The average Bonchev–Trinajstić information content (AvgIpc) is 3.13. The SMILES string of the molecule is O=C(O)Oc1cn([C@@H]2C[C@@H]2F)c2c(Cl)c(Cl)ncc2c1=O. The predicted molar refractivity (Wildman–Crippen MR) is 73.2 cm³/mol. The summed E-state index contributed by atoms with van der Waals surface area (Å²) in [6.07, 6.45) is -0.214. The van der Waals surface area contributed by atoms with Crippen LogP contribution in [-0.2, 0) is 0 Å². The van der Waals surface area contributed by atoms with Gasteiger partial charge in [0.05, 0.1) is 23.1 Å². The third-order valence-electron chi connectivity index (χ3n) is 3.17. The van der Waals surface area contributed by atoms with Crippen molar-refractivity contribution in [1.29, 1.82) is 0 Å². The molecule has 110 valence electrons. The molecule has 6 nitrogen and oxygen atoms in total. The van der Waals surface area contributed by atoms with E-state index in [1.165, 1.54) is 4.57 Å². The summed E-state index contributed by atoms with van der Waals surface area (Å²) in [7, 11) is 0. The third kappa shape index (κ3) is 2.32. The van der Waals surface area contributed by atoms with E-state index in [2.05, 4.69) is 9.72 Å². The van der Waals surface area contributed by atoms with E-state index in [9.17, 15) is 14.0 Å². The lowest BCUT2D eigenvalue weighted by molar-refractivity contribution is 0.143. The maximum absolute atomic E-state index is 13.4. The van der Waals surface area contributed by atoms with Crippen molar-refractivity contribution in [2.45, 2.75) is 18.6 Å². The Morgan fingerprint density at radius 1 is 1.52 bits per heavy atom. The van der Waals surface area contributed by atoms with Crippen LogP contribution in [0.15, 0.2) is 17.2 Å². The van der Waals surface area contributed by atoms with Crippen LogP contribution < -0.4 is 10.2 Å². The van der Waals surface area contributed by atoms with Crippen LogP contribution in [0.5, 0.6) is 5.75 Å². The van der Waals surface area contributed by atoms with E-state index < -0.39 is 29.5 Å². The van der Waals surface area contributed by atoms with Gasteiger partial charge in [0, 0.05) is 12.6 Å². The van der Waals surface area contributed by atoms with Crippen LogP contribution in [0, 0.1) is 0 Å². The number of fused-ring (bicyclic) bond motifs is 1. The summed E-state index contributed by atoms with van der Waals surface area (Å²) in [6, 6.07) is -0.541. The number of halogens is 3. The lowest BCUT2D eigenvalue weighted by atomic mass is 10.2. The summed E-state index contributed by atoms with van der Waals surface area (Å²) in [4.78, 5) is 26.6. The van der Waals surface area contributed by atoms with Gasteiger partial charge in [0.2, 0.25) is 5.43 Å². The number of carbonyl (C=O) groups is 1. The molecule has 2 atom stereocenters. The molecule has 0 aromatic carbocycles. The largest absolute Gasteiger partial charge is 0.511 e. The first-order valence-electron chi connectivity index (χ1n) is 5.84. The Kier molecular flexibility index (Phi) is 3.26. The number of rotatable bonds is 2. The van der Waals surface area contributed by atoms with Crippen LogP contribution in [0.3, 0.4) is 0 Å². The molecule has 0 radical (unpaired) electrons. The number of ether oxygens (including phenoxy) is 1. The van der Waals surface area contributed by atoms with Gasteiger partial charge in [0.1, 0.15) is 16.3 Å². The number of nitrogens with zero attached hydrogens (tertiary/aromatic N) is 2. The zero-order chi connectivity index (χ0) is 15.3. The molecule has 1 N–H and O–H groups in total. The van der Waals surface area contributed by atoms with E-state index in [-0.39, 0.29) is 27.5 Å². The van der Waals surface area contributed by atoms with Gasteiger partial charge in [-0.25, -0.2) is 14.2 Å². The Morgan fingerprint density at radius 3 is 2.76 bits per heavy atom. The third-order valence-corrected chi connectivity index (χ3v) is 3.91. The van der Waals surface area contributed by atoms with Gasteiger partial charge in [-0.3, -0.25) is 4.79 Å². The molecule has 0 aliphatic heterocycles. The van der Waals surface area contributed by atoms with Gasteiger partial charge in [-0.05, 0) is 0 Å². The minimum atomic E-state index is -1.64. The first-order chi connectivity index (χ1) is 9.90. The normalized spacial score (nSPS) is 20.5. The summed E-state index contributed by atoms with van der Waals surface area (Å²) >= 11 is 11.9. The summed E-state index contributed by atoms with van der Waals surface area (Å²) < 4.78 is 19.2. The topological polar surface area (TPSA) is 81.4 Å². The van der Waals surface area contributed by atoms with E-state index in [0.29, 0.717) is 0 Å². The smallest absolute Gasteiger partial charge is 0.449 e. The summed E-state index contributed by atoms with van der Waals surface area (Å²) in [5, 5.41) is 8.65. The van der Waals surface area contributed by atoms with Crippen LogP contribution in [0.1, 0.15) is 12.5 Å². The van der Waals surface area contributed by atoms with Crippen molar-refractivity contribution < 1.29 is 19.0 Å². The van der Waals surface area contributed by atoms with Crippen molar-refractivity contribution in [3.05, 3.63) is 32.8 Å². The van der Waals surface area contributed by atoms with Crippen molar-refractivity contribution in [2.24, 2.45) is 0 Å². The van der Waals surface area contributed by atoms with Gasteiger partial charge in [0.25, 0.3) is 0 Å². The Morgan fingerprint density at radius 2 is 2.19 bits per heavy atom. The van der Waals surface area contributed by atoms with Gasteiger partial charge in [-0.1, -0.05) is 23.2 Å². The quantitative estimate of drug-likeness (QED) is 0.675. The highest BCUT2D eigenvalue weighted by Gasteiger charge is 2.40. The second-order valence-corrected chi connectivity index (χ2v) is 5.28. The average molecular weight is 333 g/mol. The number of alkyl halides is 1. The lowest BCUT2D eigenvalue weighted by Crippen LogP contribution is -2.17. The van der Waals surface area contributed by atoms with Crippen molar-refractivity contribution >= 4 is 40.3 Å². The van der Waals surface area contributed by atoms with Crippen molar-refractivity contribution in [2.75, 3.05) is 0 Å². The first-order valence-corrected chi connectivity index (χ1v) is 6.59. The molecule has 9 heteroatoms. The van der Waals surface area contributed by atoms with Gasteiger partial charge < -0.3 is 14.4 Å². The Bertz CT molecular complexity index is 823. The highest BCUT2D eigenvalue weighted by molar-refractivity contribution is 6.44. The van der Waals surface area contributed by atoms with Crippen LogP contribution in [-0.4, -0.2) is 27.0 Å².